The molecule has 48 heavy (non-hydrogen) atoms. The highest BCUT2D eigenvalue weighted by Crippen LogP contribution is 2.34. The van der Waals surface area contributed by atoms with E-state index in [2.05, 4.69) is 20.8 Å². The van der Waals surface area contributed by atoms with Crippen molar-refractivity contribution in [3.05, 3.63) is 12.2 Å². The van der Waals surface area contributed by atoms with Crippen LogP contribution in [0.15, 0.2) is 12.2 Å². The van der Waals surface area contributed by atoms with E-state index in [-0.39, 0.29) is 55.6 Å². The average molecular weight is 681 g/mol. The molecule has 3 N–H and O–H groups in total. The third-order valence-corrected chi connectivity index (χ3v) is 9.63. The Kier molecular flexibility index (Phi) is 26.7. The highest BCUT2D eigenvalue weighted by molar-refractivity contribution is 5.84. The highest BCUT2D eigenvalue weighted by atomic mass is 16.6. The third kappa shape index (κ3) is 22.8. The number of ether oxygens (including phenoxy) is 2. The van der Waals surface area contributed by atoms with Crippen LogP contribution in [-0.4, -0.2) is 64.6 Å². The monoisotopic (exact) mass is 681 g/mol. The summed E-state index contributed by atoms with van der Waals surface area (Å²) >= 11 is 0. The van der Waals surface area contributed by atoms with Gasteiger partial charge in [0.05, 0.1) is 18.8 Å². The van der Waals surface area contributed by atoms with Crippen molar-refractivity contribution in [1.29, 1.82) is 0 Å². The van der Waals surface area contributed by atoms with Crippen LogP contribution in [0, 0.1) is 17.8 Å². The lowest BCUT2D eigenvalue weighted by Crippen LogP contribution is -2.28. The Morgan fingerprint density at radius 2 is 1.33 bits per heavy atom. The Hall–Kier alpha value is -1.77. The van der Waals surface area contributed by atoms with E-state index in [0.29, 0.717) is 25.7 Å². The second-order valence-corrected chi connectivity index (χ2v) is 14.6. The third-order valence-electron chi connectivity index (χ3n) is 9.63. The van der Waals surface area contributed by atoms with Gasteiger partial charge in [-0.25, -0.2) is 0 Å². The van der Waals surface area contributed by atoms with Crippen molar-refractivity contribution < 1.29 is 39.2 Å². The minimum Gasteiger partial charge on any atom is -0.462 e. The first-order chi connectivity index (χ1) is 23.2. The number of ketones is 1. The van der Waals surface area contributed by atoms with Crippen molar-refractivity contribution in [3.63, 3.8) is 0 Å². The van der Waals surface area contributed by atoms with Gasteiger partial charge in [0, 0.05) is 31.1 Å². The molecule has 0 unspecified atom stereocenters. The lowest BCUT2D eigenvalue weighted by molar-refractivity contribution is -0.161. The van der Waals surface area contributed by atoms with Crippen LogP contribution >= 0.6 is 0 Å². The van der Waals surface area contributed by atoms with Crippen molar-refractivity contribution in [3.8, 4) is 0 Å². The molecule has 0 radical (unpaired) electrons. The molecule has 0 heterocycles. The number of unbranched alkanes of at least 4 members (excludes halogenated alkanes) is 15. The van der Waals surface area contributed by atoms with Crippen LogP contribution in [0.2, 0.25) is 0 Å². The number of carbonyl (C=O) groups excluding carboxylic acids is 3. The predicted molar refractivity (Wildman–Crippen MR) is 192 cm³/mol. The van der Waals surface area contributed by atoms with Gasteiger partial charge < -0.3 is 24.8 Å². The van der Waals surface area contributed by atoms with E-state index < -0.39 is 18.3 Å². The Bertz CT molecular complexity index is 856. The second-order valence-electron chi connectivity index (χ2n) is 14.6. The first kappa shape index (κ1) is 44.3. The SMILES string of the molecule is CCCCC[C@H](O)/C=C/[C@H]1[C@H](O)CC(=O)[C@@H]1CCCCCCC(=O)OC[C@H](CO)OC(=O)CCCCCCCCCCCCCC(C)C. The number of aliphatic hydroxyl groups is 3. The molecule has 1 saturated carbocycles. The highest BCUT2D eigenvalue weighted by Gasteiger charge is 2.39. The Morgan fingerprint density at radius 1 is 0.792 bits per heavy atom. The molecular weight excluding hydrogens is 608 g/mol. The van der Waals surface area contributed by atoms with Crippen LogP contribution < -0.4 is 0 Å². The maximum absolute atomic E-state index is 12.5. The number of Topliss-reactive ketones (excluding diaryl/α,β-unsaturated/α-hetero) is 1. The van der Waals surface area contributed by atoms with Crippen molar-refractivity contribution in [1.82, 2.24) is 0 Å². The van der Waals surface area contributed by atoms with Gasteiger partial charge in [-0.15, -0.1) is 0 Å². The summed E-state index contributed by atoms with van der Waals surface area (Å²) in [4.78, 5) is 36.9. The maximum atomic E-state index is 12.5. The van der Waals surface area contributed by atoms with Crippen LogP contribution in [0.25, 0.3) is 0 Å². The second kappa shape index (κ2) is 29.0. The van der Waals surface area contributed by atoms with Gasteiger partial charge in [0.2, 0.25) is 0 Å². The maximum Gasteiger partial charge on any atom is 0.306 e. The minimum atomic E-state index is -0.842. The molecule has 8 nitrogen and oxygen atoms in total. The molecule has 1 rings (SSSR count). The molecule has 0 aromatic heterocycles. The molecule has 5 atom stereocenters. The number of rotatable bonds is 31. The largest absolute Gasteiger partial charge is 0.462 e. The van der Waals surface area contributed by atoms with Crippen molar-refractivity contribution in [2.45, 2.75) is 193 Å². The summed E-state index contributed by atoms with van der Waals surface area (Å²) in [5, 5.41) is 30.2. The molecule has 0 aliphatic heterocycles. The first-order valence-corrected chi connectivity index (χ1v) is 19.7. The van der Waals surface area contributed by atoms with Crippen LogP contribution in [0.4, 0.5) is 0 Å². The van der Waals surface area contributed by atoms with E-state index in [1.165, 1.54) is 57.8 Å². The fourth-order valence-electron chi connectivity index (χ4n) is 6.58. The van der Waals surface area contributed by atoms with Gasteiger partial charge in [-0.2, -0.15) is 0 Å². The number of hydrogen-bond acceptors (Lipinski definition) is 8. The van der Waals surface area contributed by atoms with Crippen molar-refractivity contribution >= 4 is 17.7 Å². The van der Waals surface area contributed by atoms with E-state index in [1.54, 1.807) is 6.08 Å². The van der Waals surface area contributed by atoms with E-state index in [1.807, 2.05) is 6.08 Å². The quantitative estimate of drug-likeness (QED) is 0.0377. The smallest absolute Gasteiger partial charge is 0.306 e. The van der Waals surface area contributed by atoms with Gasteiger partial charge in [-0.3, -0.25) is 14.4 Å². The normalized spacial score (nSPS) is 19.3. The standard InChI is InChI=1S/C40H72O8/c1-4-5-17-23-33(42)27-28-36-35(37(43)29-38(36)44)24-19-15-16-20-25-39(45)47-31-34(30-41)48-40(46)26-21-14-12-10-8-6-7-9-11-13-18-22-32(2)3/h27-28,32-36,38,41-42,44H,4-26,29-31H2,1-3H3/b28-27+/t33-,34-,35+,36+,38+/m0/s1. The first-order valence-electron chi connectivity index (χ1n) is 19.7. The molecule has 0 spiro atoms. The molecule has 0 saturated heterocycles. The molecule has 280 valence electrons. The predicted octanol–water partition coefficient (Wildman–Crippen LogP) is 8.57. The molecule has 8 heteroatoms. The molecule has 1 aliphatic carbocycles. The summed E-state index contributed by atoms with van der Waals surface area (Å²) in [5.74, 6) is -0.322. The summed E-state index contributed by atoms with van der Waals surface area (Å²) in [6, 6.07) is 0. The van der Waals surface area contributed by atoms with E-state index in [0.717, 1.165) is 63.7 Å². The summed E-state index contributed by atoms with van der Waals surface area (Å²) in [6.07, 6.45) is 24.6. The van der Waals surface area contributed by atoms with Crippen LogP contribution in [-0.2, 0) is 23.9 Å². The summed E-state index contributed by atoms with van der Waals surface area (Å²) < 4.78 is 10.6. The molecular formula is C40H72O8. The van der Waals surface area contributed by atoms with Gasteiger partial charge in [0.15, 0.2) is 6.10 Å². The number of esters is 2. The fraction of sp³-hybridized carbons (Fsp3) is 0.875. The van der Waals surface area contributed by atoms with E-state index in [9.17, 15) is 29.7 Å². The number of carbonyl (C=O) groups is 3. The van der Waals surface area contributed by atoms with E-state index in [4.69, 9.17) is 9.47 Å². The zero-order valence-corrected chi connectivity index (χ0v) is 30.9. The molecule has 0 bridgehead atoms. The Balaban J connectivity index is 2.09. The van der Waals surface area contributed by atoms with Crippen molar-refractivity contribution in [2.75, 3.05) is 13.2 Å². The Morgan fingerprint density at radius 3 is 1.92 bits per heavy atom. The summed E-state index contributed by atoms with van der Waals surface area (Å²) in [6.45, 7) is 6.16. The summed E-state index contributed by atoms with van der Waals surface area (Å²) in [7, 11) is 0. The van der Waals surface area contributed by atoms with Crippen LogP contribution in [0.3, 0.4) is 0 Å². The summed E-state index contributed by atoms with van der Waals surface area (Å²) in [5.41, 5.74) is 0. The van der Waals surface area contributed by atoms with Crippen molar-refractivity contribution in [2.24, 2.45) is 17.8 Å². The number of aliphatic hydroxyl groups excluding tert-OH is 3. The van der Waals surface area contributed by atoms with Gasteiger partial charge in [-0.05, 0) is 31.6 Å². The van der Waals surface area contributed by atoms with Gasteiger partial charge in [0.25, 0.3) is 0 Å². The zero-order chi connectivity index (χ0) is 35.4. The molecule has 0 amide bonds. The van der Waals surface area contributed by atoms with Gasteiger partial charge in [-0.1, -0.05) is 142 Å². The number of hydrogen-bond donors (Lipinski definition) is 3. The Labute approximate surface area is 292 Å². The lowest BCUT2D eigenvalue weighted by Gasteiger charge is -2.18. The van der Waals surface area contributed by atoms with Gasteiger partial charge >= 0.3 is 11.9 Å². The average Bonchev–Trinajstić information content (AvgIpc) is 3.32. The minimum absolute atomic E-state index is 0.0829. The molecule has 1 aliphatic rings. The van der Waals surface area contributed by atoms with Crippen LogP contribution in [0.1, 0.15) is 175 Å². The van der Waals surface area contributed by atoms with E-state index >= 15 is 0 Å². The van der Waals surface area contributed by atoms with Crippen LogP contribution in [0.5, 0.6) is 0 Å². The molecule has 1 fully saturated rings. The topological polar surface area (TPSA) is 130 Å². The zero-order valence-electron chi connectivity index (χ0n) is 30.9. The molecule has 0 aromatic rings. The van der Waals surface area contributed by atoms with Gasteiger partial charge in [0.1, 0.15) is 12.4 Å². The fourth-order valence-corrected chi connectivity index (χ4v) is 6.58. The molecule has 0 aromatic carbocycles. The lowest BCUT2D eigenvalue weighted by atomic mass is 9.88.